The van der Waals surface area contributed by atoms with E-state index in [0.717, 1.165) is 60.1 Å². The third-order valence-electron chi connectivity index (χ3n) is 11.3. The molecule has 0 unspecified atom stereocenters. The first-order chi connectivity index (χ1) is 31.6. The molecule has 11 heteroatoms. The molecule has 0 radical (unpaired) electrons. The van der Waals surface area contributed by atoms with Gasteiger partial charge in [0, 0.05) is 37.8 Å². The number of nitrogens with one attached hydrogen (secondary N) is 2. The molecule has 0 saturated carbocycles. The number of ether oxygens (including phenoxy) is 3. The van der Waals surface area contributed by atoms with Gasteiger partial charge in [0.15, 0.2) is 11.5 Å². The molecule has 2 aromatic heterocycles. The standard InChI is InChI=1S/C54H51FN2O6S2/c1-5-37-9-7-8-10-43(37)49(59)53-51(62-40-16-11-35(12-17-40)23-25-56-6-2)45-22-20-42(32-47(45)65-53)61-28-27-57-26-24-36-13-18-41(19-14-36)63-52-44-21-15-39(58)31-46(44)64-54(52)50(60)48-33(3)29-38(55)30-34(48)4/h7-22,29-32,56-58H,5-6,23-28H2,1-4H3. The van der Waals surface area contributed by atoms with Crippen molar-refractivity contribution in [1.82, 2.24) is 10.6 Å². The minimum Gasteiger partial charge on any atom is -0.508 e. The number of carbonyl (C=O) groups is 2. The molecule has 6 aromatic carbocycles. The Bertz CT molecular complexity index is 2950. The second-order valence-corrected chi connectivity index (χ2v) is 18.0. The van der Waals surface area contributed by atoms with E-state index < -0.39 is 5.82 Å². The number of phenolic OH excluding ortho intramolecular Hbond substituents is 1. The van der Waals surface area contributed by atoms with Crippen LogP contribution in [0, 0.1) is 19.7 Å². The van der Waals surface area contributed by atoms with Crippen molar-refractivity contribution in [2.24, 2.45) is 0 Å². The molecule has 0 aliphatic carbocycles. The second-order valence-electron chi connectivity index (χ2n) is 15.9. The number of hydrogen-bond acceptors (Lipinski definition) is 10. The van der Waals surface area contributed by atoms with E-state index >= 15 is 0 Å². The summed E-state index contributed by atoms with van der Waals surface area (Å²) in [5, 5.41) is 18.6. The van der Waals surface area contributed by atoms with E-state index in [1.807, 2.05) is 78.9 Å². The molecule has 0 bridgehead atoms. The molecule has 2 heterocycles. The van der Waals surface area contributed by atoms with Crippen LogP contribution in [0.2, 0.25) is 0 Å². The first kappa shape index (κ1) is 45.2. The van der Waals surface area contributed by atoms with Crippen LogP contribution in [0.25, 0.3) is 20.2 Å². The van der Waals surface area contributed by atoms with Gasteiger partial charge in [-0.15, -0.1) is 22.7 Å². The monoisotopic (exact) mass is 906 g/mol. The Kier molecular flexibility index (Phi) is 14.4. The van der Waals surface area contributed by atoms with Crippen molar-refractivity contribution < 1.29 is 33.3 Å². The van der Waals surface area contributed by atoms with Crippen molar-refractivity contribution in [2.45, 2.75) is 47.0 Å². The van der Waals surface area contributed by atoms with Crippen molar-refractivity contribution in [3.8, 4) is 34.5 Å². The lowest BCUT2D eigenvalue weighted by atomic mass is 9.97. The predicted molar refractivity (Wildman–Crippen MR) is 261 cm³/mol. The topological polar surface area (TPSA) is 106 Å². The SMILES string of the molecule is CCNCCc1ccc(Oc2c(C(=O)c3ccccc3CC)sc3cc(OCCNCCc4ccc(Oc5c(C(=O)c6c(C)cc(F)cc6C)sc6cc(O)ccc56)cc4)ccc23)cc1. The van der Waals surface area contributed by atoms with E-state index in [9.17, 15) is 19.1 Å². The fraction of sp³-hybridized carbons (Fsp3) is 0.222. The lowest BCUT2D eigenvalue weighted by Gasteiger charge is -2.12. The van der Waals surface area contributed by atoms with Crippen LogP contribution in [-0.4, -0.2) is 49.5 Å². The summed E-state index contributed by atoms with van der Waals surface area (Å²) in [7, 11) is 0. The van der Waals surface area contributed by atoms with E-state index in [0.29, 0.717) is 84.0 Å². The normalized spacial score (nSPS) is 11.3. The summed E-state index contributed by atoms with van der Waals surface area (Å²) in [5.74, 6) is 2.31. The van der Waals surface area contributed by atoms with Gasteiger partial charge >= 0.3 is 0 Å². The summed E-state index contributed by atoms with van der Waals surface area (Å²) in [6.45, 7) is 11.3. The van der Waals surface area contributed by atoms with Gasteiger partial charge in [-0.2, -0.15) is 0 Å². The zero-order chi connectivity index (χ0) is 45.5. The van der Waals surface area contributed by atoms with Gasteiger partial charge in [0.1, 0.15) is 45.2 Å². The lowest BCUT2D eigenvalue weighted by Crippen LogP contribution is -2.23. The molecule has 65 heavy (non-hydrogen) atoms. The second kappa shape index (κ2) is 20.6. The fourth-order valence-electron chi connectivity index (χ4n) is 7.95. The van der Waals surface area contributed by atoms with Crippen LogP contribution in [-0.2, 0) is 19.3 Å². The highest BCUT2D eigenvalue weighted by atomic mass is 32.1. The van der Waals surface area contributed by atoms with Crippen molar-refractivity contribution in [1.29, 1.82) is 0 Å². The molecule has 332 valence electrons. The van der Waals surface area contributed by atoms with Crippen molar-refractivity contribution >= 4 is 54.4 Å². The van der Waals surface area contributed by atoms with E-state index in [2.05, 4.69) is 36.6 Å². The molecule has 8 nitrogen and oxygen atoms in total. The number of fused-ring (bicyclic) bond motifs is 2. The average molecular weight is 907 g/mol. The summed E-state index contributed by atoms with van der Waals surface area (Å²) in [6, 6.07) is 37.1. The molecule has 0 spiro atoms. The third kappa shape index (κ3) is 10.5. The minimum absolute atomic E-state index is 0.0537. The Morgan fingerprint density at radius 1 is 0.631 bits per heavy atom. The van der Waals surface area contributed by atoms with Crippen LogP contribution < -0.4 is 24.8 Å². The van der Waals surface area contributed by atoms with Gasteiger partial charge in [-0.25, -0.2) is 4.39 Å². The molecule has 0 aliphatic rings. The Morgan fingerprint density at radius 3 is 1.80 bits per heavy atom. The zero-order valence-corrected chi connectivity index (χ0v) is 38.5. The Morgan fingerprint density at radius 2 is 1.18 bits per heavy atom. The van der Waals surface area contributed by atoms with Gasteiger partial charge < -0.3 is 30.0 Å². The molecule has 0 fully saturated rings. The van der Waals surface area contributed by atoms with Crippen LogP contribution in [0.1, 0.15) is 72.1 Å². The number of phenols is 1. The van der Waals surface area contributed by atoms with Gasteiger partial charge in [0.25, 0.3) is 0 Å². The molecule has 0 aliphatic heterocycles. The van der Waals surface area contributed by atoms with Crippen LogP contribution in [0.4, 0.5) is 4.39 Å². The van der Waals surface area contributed by atoms with Gasteiger partial charge in [0.2, 0.25) is 11.6 Å². The van der Waals surface area contributed by atoms with Gasteiger partial charge in [0.05, 0.1) is 0 Å². The summed E-state index contributed by atoms with van der Waals surface area (Å²) in [5.41, 5.74) is 5.54. The van der Waals surface area contributed by atoms with E-state index in [1.165, 1.54) is 40.4 Å². The lowest BCUT2D eigenvalue weighted by molar-refractivity contribution is 0.103. The highest BCUT2D eigenvalue weighted by Gasteiger charge is 2.26. The molecule has 8 aromatic rings. The van der Waals surface area contributed by atoms with Gasteiger partial charge in [-0.05, 0) is 153 Å². The molecule has 8 rings (SSSR count). The van der Waals surface area contributed by atoms with Crippen LogP contribution >= 0.6 is 22.7 Å². The number of hydrogen-bond donors (Lipinski definition) is 3. The number of likely N-dealkylation sites (N-methyl/N-ethyl adjacent to an activating group) is 1. The van der Waals surface area contributed by atoms with E-state index in [1.54, 1.807) is 32.0 Å². The molecule has 3 N–H and O–H groups in total. The van der Waals surface area contributed by atoms with E-state index in [4.69, 9.17) is 14.2 Å². The highest BCUT2D eigenvalue weighted by Crippen LogP contribution is 2.45. The summed E-state index contributed by atoms with van der Waals surface area (Å²) < 4.78 is 34.8. The number of rotatable bonds is 20. The number of thiophene rings is 2. The Balaban J connectivity index is 0.892. The predicted octanol–water partition coefficient (Wildman–Crippen LogP) is 12.5. The number of halogens is 1. The van der Waals surface area contributed by atoms with E-state index in [-0.39, 0.29) is 17.3 Å². The van der Waals surface area contributed by atoms with Gasteiger partial charge in [-0.3, -0.25) is 9.59 Å². The minimum atomic E-state index is -0.390. The summed E-state index contributed by atoms with van der Waals surface area (Å²) in [6.07, 6.45) is 2.45. The van der Waals surface area contributed by atoms with Crippen LogP contribution in [0.5, 0.6) is 34.5 Å². The molecular weight excluding hydrogens is 856 g/mol. The smallest absolute Gasteiger partial charge is 0.207 e. The maximum atomic E-state index is 14.2. The maximum Gasteiger partial charge on any atom is 0.207 e. The molecule has 0 saturated heterocycles. The van der Waals surface area contributed by atoms with Crippen LogP contribution in [0.15, 0.2) is 121 Å². The Labute approximate surface area is 386 Å². The summed E-state index contributed by atoms with van der Waals surface area (Å²) >= 11 is 2.66. The maximum absolute atomic E-state index is 14.2. The average Bonchev–Trinajstić information content (AvgIpc) is 3.84. The van der Waals surface area contributed by atoms with Crippen LogP contribution in [0.3, 0.4) is 0 Å². The first-order valence-corrected chi connectivity index (χ1v) is 23.6. The van der Waals surface area contributed by atoms with Crippen molar-refractivity contribution in [2.75, 3.05) is 32.8 Å². The third-order valence-corrected chi connectivity index (χ3v) is 13.6. The number of benzene rings is 6. The van der Waals surface area contributed by atoms with Crippen molar-refractivity contribution in [3.63, 3.8) is 0 Å². The molecular formula is C54H51FN2O6S2. The molecule has 0 atom stereocenters. The van der Waals surface area contributed by atoms with Gasteiger partial charge in [-0.1, -0.05) is 62.4 Å². The fourth-order valence-corrected chi connectivity index (χ4v) is 10.2. The highest BCUT2D eigenvalue weighted by molar-refractivity contribution is 7.22. The zero-order valence-electron chi connectivity index (χ0n) is 36.9. The Hall–Kier alpha value is -6.37. The first-order valence-electron chi connectivity index (χ1n) is 21.9. The number of ketones is 2. The largest absolute Gasteiger partial charge is 0.508 e. The number of aromatic hydroxyl groups is 1. The quantitative estimate of drug-likeness (QED) is 0.0513. The van der Waals surface area contributed by atoms with Crippen molar-refractivity contribution in [3.05, 3.63) is 176 Å². The number of carbonyl (C=O) groups excluding carboxylic acids is 2. The summed E-state index contributed by atoms with van der Waals surface area (Å²) in [4.78, 5) is 29.0. The molecule has 0 amide bonds. The number of aryl methyl sites for hydroxylation is 3.